The van der Waals surface area contributed by atoms with E-state index in [1.54, 1.807) is 0 Å². The van der Waals surface area contributed by atoms with Gasteiger partial charge in [0.05, 0.1) is 13.2 Å². The molecular weight excluding hydrogens is 282 g/mol. The van der Waals surface area contributed by atoms with Crippen molar-refractivity contribution in [3.63, 3.8) is 0 Å². The zero-order chi connectivity index (χ0) is 15.8. The second-order valence-corrected chi connectivity index (χ2v) is 5.66. The molecule has 1 aliphatic rings. The van der Waals surface area contributed by atoms with Crippen molar-refractivity contribution in [2.75, 3.05) is 39.9 Å². The van der Waals surface area contributed by atoms with Crippen LogP contribution in [-0.4, -0.2) is 60.9 Å². The smallest absolute Gasteiger partial charge is 0.228 e. The number of nitrogens with one attached hydrogen (secondary N) is 1. The van der Waals surface area contributed by atoms with Crippen molar-refractivity contribution in [2.24, 2.45) is 10.9 Å². The Hall–Kier alpha value is -1.63. The number of likely N-dealkylation sites (N-methyl/N-ethyl adjacent to an activating group) is 1. The van der Waals surface area contributed by atoms with E-state index in [-0.39, 0.29) is 0 Å². The zero-order valence-corrected chi connectivity index (χ0v) is 13.8. The van der Waals surface area contributed by atoms with Gasteiger partial charge in [-0.3, -0.25) is 4.99 Å². The Kier molecular flexibility index (Phi) is 6.64. The second-order valence-electron chi connectivity index (χ2n) is 5.66. The largest absolute Gasteiger partial charge is 0.379 e. The van der Waals surface area contributed by atoms with Gasteiger partial charge in [-0.1, -0.05) is 5.16 Å². The number of aryl methyl sites for hydroxylation is 1. The van der Waals surface area contributed by atoms with Crippen LogP contribution in [0.15, 0.2) is 9.52 Å². The van der Waals surface area contributed by atoms with Crippen molar-refractivity contribution in [3.05, 3.63) is 11.7 Å². The van der Waals surface area contributed by atoms with Crippen LogP contribution in [0.4, 0.5) is 0 Å². The van der Waals surface area contributed by atoms with Crippen LogP contribution in [-0.2, 0) is 11.2 Å². The van der Waals surface area contributed by atoms with E-state index < -0.39 is 0 Å². The van der Waals surface area contributed by atoms with Crippen molar-refractivity contribution in [2.45, 2.75) is 33.1 Å². The minimum absolute atomic E-state index is 0.622. The minimum atomic E-state index is 0.622. The molecule has 1 aromatic heterocycles. The van der Waals surface area contributed by atoms with Gasteiger partial charge in [-0.25, -0.2) is 0 Å². The zero-order valence-electron chi connectivity index (χ0n) is 13.8. The van der Waals surface area contributed by atoms with Crippen LogP contribution in [0.1, 0.15) is 31.5 Å². The van der Waals surface area contributed by atoms with Gasteiger partial charge in [0, 0.05) is 33.2 Å². The van der Waals surface area contributed by atoms with Gasteiger partial charge < -0.3 is 19.5 Å². The van der Waals surface area contributed by atoms with Crippen molar-refractivity contribution in [1.82, 2.24) is 20.4 Å². The molecule has 0 amide bonds. The second kappa shape index (κ2) is 8.73. The van der Waals surface area contributed by atoms with Gasteiger partial charge in [0.25, 0.3) is 0 Å². The van der Waals surface area contributed by atoms with Gasteiger partial charge in [0.2, 0.25) is 5.89 Å². The van der Waals surface area contributed by atoms with Crippen LogP contribution in [0.25, 0.3) is 0 Å². The summed E-state index contributed by atoms with van der Waals surface area (Å²) in [5, 5.41) is 7.07. The molecule has 7 heteroatoms. The fourth-order valence-corrected chi connectivity index (χ4v) is 2.01. The number of rotatable bonds is 9. The number of aliphatic imine (C=N–C) groups is 1. The SMILES string of the molecule is CCNC(=NCCc1nc(C)no1)N(C)CCOCC1CC1. The van der Waals surface area contributed by atoms with Crippen LogP contribution in [0.5, 0.6) is 0 Å². The van der Waals surface area contributed by atoms with Crippen LogP contribution in [0, 0.1) is 12.8 Å². The Morgan fingerprint density at radius 2 is 2.32 bits per heavy atom. The van der Waals surface area contributed by atoms with E-state index in [1.165, 1.54) is 12.8 Å². The molecule has 7 nitrogen and oxygen atoms in total. The maximum absolute atomic E-state index is 5.68. The maximum atomic E-state index is 5.68. The summed E-state index contributed by atoms with van der Waals surface area (Å²) in [7, 11) is 2.03. The molecule has 22 heavy (non-hydrogen) atoms. The molecule has 0 saturated heterocycles. The van der Waals surface area contributed by atoms with Gasteiger partial charge in [0.1, 0.15) is 0 Å². The molecule has 0 radical (unpaired) electrons. The van der Waals surface area contributed by atoms with Crippen LogP contribution in [0.3, 0.4) is 0 Å². The maximum Gasteiger partial charge on any atom is 0.228 e. The molecule has 0 spiro atoms. The molecule has 2 rings (SSSR count). The van der Waals surface area contributed by atoms with Gasteiger partial charge >= 0.3 is 0 Å². The molecule has 1 saturated carbocycles. The van der Waals surface area contributed by atoms with E-state index >= 15 is 0 Å². The topological polar surface area (TPSA) is 75.8 Å². The third-order valence-corrected chi connectivity index (χ3v) is 3.47. The summed E-state index contributed by atoms with van der Waals surface area (Å²) in [6, 6.07) is 0. The summed E-state index contributed by atoms with van der Waals surface area (Å²) in [4.78, 5) is 10.9. The lowest BCUT2D eigenvalue weighted by Gasteiger charge is -2.21. The molecular formula is C15H27N5O2. The lowest BCUT2D eigenvalue weighted by Crippen LogP contribution is -2.40. The quantitative estimate of drug-likeness (QED) is 0.420. The number of hydrogen-bond acceptors (Lipinski definition) is 5. The number of hydrogen-bond donors (Lipinski definition) is 1. The fourth-order valence-electron chi connectivity index (χ4n) is 2.01. The third-order valence-electron chi connectivity index (χ3n) is 3.47. The number of ether oxygens (including phenoxy) is 1. The first kappa shape index (κ1) is 16.7. The monoisotopic (exact) mass is 309 g/mol. The molecule has 0 aliphatic heterocycles. The van der Waals surface area contributed by atoms with Gasteiger partial charge in [-0.2, -0.15) is 4.98 Å². The average Bonchev–Trinajstić information content (AvgIpc) is 3.24. The predicted octanol–water partition coefficient (Wildman–Crippen LogP) is 1.24. The summed E-state index contributed by atoms with van der Waals surface area (Å²) in [5.74, 6) is 2.99. The highest BCUT2D eigenvalue weighted by molar-refractivity contribution is 5.79. The Morgan fingerprint density at radius 1 is 1.50 bits per heavy atom. The van der Waals surface area contributed by atoms with Crippen molar-refractivity contribution >= 4 is 5.96 Å². The fraction of sp³-hybridized carbons (Fsp3) is 0.800. The Morgan fingerprint density at radius 3 is 2.95 bits per heavy atom. The number of nitrogens with zero attached hydrogens (tertiary/aromatic N) is 4. The molecule has 1 aromatic rings. The molecule has 0 atom stereocenters. The Balaban J connectivity index is 1.71. The molecule has 1 fully saturated rings. The highest BCUT2D eigenvalue weighted by Gasteiger charge is 2.21. The lowest BCUT2D eigenvalue weighted by molar-refractivity contribution is 0.115. The number of aromatic nitrogens is 2. The van der Waals surface area contributed by atoms with Crippen molar-refractivity contribution in [3.8, 4) is 0 Å². The summed E-state index contributed by atoms with van der Waals surface area (Å²) < 4.78 is 10.8. The first-order chi connectivity index (χ1) is 10.7. The molecule has 1 heterocycles. The average molecular weight is 309 g/mol. The van der Waals surface area contributed by atoms with Crippen LogP contribution < -0.4 is 5.32 Å². The van der Waals surface area contributed by atoms with E-state index in [0.29, 0.717) is 24.7 Å². The standard InChI is InChI=1S/C15H27N5O2/c1-4-16-15(17-8-7-14-18-12(2)19-22-14)20(3)9-10-21-11-13-5-6-13/h13H,4-11H2,1-3H3,(H,16,17). The molecule has 1 aliphatic carbocycles. The minimum Gasteiger partial charge on any atom is -0.379 e. The Labute approximate surface area is 132 Å². The van der Waals surface area contributed by atoms with Crippen LogP contribution >= 0.6 is 0 Å². The summed E-state index contributed by atoms with van der Waals surface area (Å²) in [6.07, 6.45) is 3.31. The third kappa shape index (κ3) is 6.01. The van der Waals surface area contributed by atoms with E-state index in [4.69, 9.17) is 9.26 Å². The molecule has 0 bridgehead atoms. The molecule has 1 N–H and O–H groups in total. The molecule has 0 unspecified atom stereocenters. The highest BCUT2D eigenvalue weighted by atomic mass is 16.5. The number of guanidine groups is 1. The van der Waals surface area contributed by atoms with Crippen molar-refractivity contribution < 1.29 is 9.26 Å². The summed E-state index contributed by atoms with van der Waals surface area (Å²) in [5.41, 5.74) is 0. The summed E-state index contributed by atoms with van der Waals surface area (Å²) in [6.45, 7) is 7.81. The van der Waals surface area contributed by atoms with Gasteiger partial charge in [-0.05, 0) is 32.6 Å². The first-order valence-corrected chi connectivity index (χ1v) is 8.05. The van der Waals surface area contributed by atoms with E-state index in [9.17, 15) is 0 Å². The predicted molar refractivity (Wildman–Crippen MR) is 84.9 cm³/mol. The van der Waals surface area contributed by atoms with E-state index in [1.807, 2.05) is 14.0 Å². The first-order valence-electron chi connectivity index (χ1n) is 8.05. The summed E-state index contributed by atoms with van der Waals surface area (Å²) >= 11 is 0. The van der Waals surface area contributed by atoms with Crippen molar-refractivity contribution in [1.29, 1.82) is 0 Å². The van der Waals surface area contributed by atoms with E-state index in [2.05, 4.69) is 32.3 Å². The van der Waals surface area contributed by atoms with Crippen LogP contribution in [0.2, 0.25) is 0 Å². The molecule has 124 valence electrons. The van der Waals surface area contributed by atoms with Gasteiger partial charge in [-0.15, -0.1) is 0 Å². The molecule has 0 aromatic carbocycles. The van der Waals surface area contributed by atoms with E-state index in [0.717, 1.165) is 38.2 Å². The lowest BCUT2D eigenvalue weighted by atomic mass is 10.4. The Bertz CT molecular complexity index is 470. The highest BCUT2D eigenvalue weighted by Crippen LogP contribution is 2.28. The van der Waals surface area contributed by atoms with Gasteiger partial charge in [0.15, 0.2) is 11.8 Å². The normalized spacial score (nSPS) is 15.1.